The van der Waals surface area contributed by atoms with Crippen molar-refractivity contribution in [3.05, 3.63) is 46.1 Å². The van der Waals surface area contributed by atoms with Crippen LogP contribution in [0, 0.1) is 11.3 Å². The lowest BCUT2D eigenvalue weighted by atomic mass is 9.95. The third-order valence-corrected chi connectivity index (χ3v) is 3.84. The van der Waals surface area contributed by atoms with E-state index in [1.54, 1.807) is 0 Å². The molecule has 0 atom stereocenters. The van der Waals surface area contributed by atoms with Gasteiger partial charge in [0, 0.05) is 21.8 Å². The van der Waals surface area contributed by atoms with Crippen molar-refractivity contribution in [2.45, 2.75) is 19.3 Å². The van der Waals surface area contributed by atoms with Crippen molar-refractivity contribution in [3.63, 3.8) is 0 Å². The monoisotopic (exact) mass is 269 g/mol. The van der Waals surface area contributed by atoms with Gasteiger partial charge in [-0.15, -0.1) is 0 Å². The summed E-state index contributed by atoms with van der Waals surface area (Å²) in [4.78, 5) is 4.35. The van der Waals surface area contributed by atoms with E-state index in [0.717, 1.165) is 41.6 Å². The van der Waals surface area contributed by atoms with Gasteiger partial charge < -0.3 is 5.73 Å². The number of hydrogen-bond acceptors (Lipinski definition) is 3. The number of halogens is 1. The minimum absolute atomic E-state index is 0.304. The molecule has 0 unspecified atom stereocenters. The number of nitriles is 1. The smallest absolute Gasteiger partial charge is 0.142 e. The number of fused-ring (bicyclic) bond motifs is 1. The number of hydrogen-bond donors (Lipinski definition) is 1. The summed E-state index contributed by atoms with van der Waals surface area (Å²) in [6.45, 7) is 0. The van der Waals surface area contributed by atoms with Crippen LogP contribution in [0.2, 0.25) is 5.02 Å². The maximum absolute atomic E-state index is 9.37. The van der Waals surface area contributed by atoms with Crippen LogP contribution in [0.5, 0.6) is 0 Å². The Bertz CT molecular complexity index is 701. The van der Waals surface area contributed by atoms with Gasteiger partial charge in [-0.05, 0) is 30.9 Å². The fourth-order valence-electron chi connectivity index (χ4n) is 2.68. The van der Waals surface area contributed by atoms with E-state index < -0.39 is 0 Å². The summed E-state index contributed by atoms with van der Waals surface area (Å²) in [5.41, 5.74) is 10.2. The molecule has 1 aliphatic carbocycles. The number of benzene rings is 1. The minimum atomic E-state index is 0.304. The van der Waals surface area contributed by atoms with Crippen molar-refractivity contribution in [2.75, 3.05) is 5.73 Å². The summed E-state index contributed by atoms with van der Waals surface area (Å²) in [5, 5.41) is 10.0. The summed E-state index contributed by atoms with van der Waals surface area (Å²) >= 11 is 6.27. The highest BCUT2D eigenvalue weighted by Crippen LogP contribution is 2.39. The van der Waals surface area contributed by atoms with Crippen molar-refractivity contribution >= 4 is 17.4 Å². The fraction of sp³-hybridized carbons (Fsp3) is 0.200. The second-order valence-electron chi connectivity index (χ2n) is 4.62. The van der Waals surface area contributed by atoms with Gasteiger partial charge in [-0.1, -0.05) is 29.8 Å². The van der Waals surface area contributed by atoms with Gasteiger partial charge in [-0.2, -0.15) is 5.26 Å². The SMILES string of the molecule is N#Cc1c(N)nc2c(c1-c1ccccc1Cl)CCC2. The minimum Gasteiger partial charge on any atom is -0.383 e. The zero-order valence-electron chi connectivity index (χ0n) is 10.3. The van der Waals surface area contributed by atoms with Crippen molar-refractivity contribution in [3.8, 4) is 17.2 Å². The number of rotatable bonds is 1. The molecule has 2 aromatic rings. The third kappa shape index (κ3) is 1.85. The second kappa shape index (κ2) is 4.56. The molecule has 2 N–H and O–H groups in total. The van der Waals surface area contributed by atoms with Crippen LogP contribution in [0.1, 0.15) is 23.2 Å². The Morgan fingerprint density at radius 1 is 1.26 bits per heavy atom. The molecule has 1 heterocycles. The van der Waals surface area contributed by atoms with E-state index >= 15 is 0 Å². The van der Waals surface area contributed by atoms with Crippen LogP contribution >= 0.6 is 11.6 Å². The first kappa shape index (κ1) is 12.0. The molecular weight excluding hydrogens is 258 g/mol. The topological polar surface area (TPSA) is 62.7 Å². The molecule has 0 spiro atoms. The van der Waals surface area contributed by atoms with Gasteiger partial charge in [-0.25, -0.2) is 4.98 Å². The average Bonchev–Trinajstić information content (AvgIpc) is 2.85. The van der Waals surface area contributed by atoms with E-state index in [2.05, 4.69) is 11.1 Å². The highest BCUT2D eigenvalue weighted by molar-refractivity contribution is 6.33. The molecule has 1 aliphatic rings. The molecular formula is C15H12ClN3. The van der Waals surface area contributed by atoms with Gasteiger partial charge in [0.1, 0.15) is 17.5 Å². The van der Waals surface area contributed by atoms with Gasteiger partial charge >= 0.3 is 0 Å². The summed E-state index contributed by atoms with van der Waals surface area (Å²) in [6, 6.07) is 9.72. The zero-order chi connectivity index (χ0) is 13.4. The van der Waals surface area contributed by atoms with Gasteiger partial charge in [0.05, 0.1) is 0 Å². The van der Waals surface area contributed by atoms with Crippen LogP contribution in [0.4, 0.5) is 5.82 Å². The molecule has 19 heavy (non-hydrogen) atoms. The quantitative estimate of drug-likeness (QED) is 0.863. The van der Waals surface area contributed by atoms with Crippen LogP contribution < -0.4 is 5.73 Å². The normalized spacial score (nSPS) is 13.1. The molecule has 94 valence electrons. The predicted octanol–water partition coefficient (Wildman–Crippen LogP) is 3.34. The summed E-state index contributed by atoms with van der Waals surface area (Å²) in [6.07, 6.45) is 2.90. The van der Waals surface area contributed by atoms with E-state index in [-0.39, 0.29) is 0 Å². The Kier molecular flexibility index (Phi) is 2.88. The summed E-state index contributed by atoms with van der Waals surface area (Å²) in [5.74, 6) is 0.304. The molecule has 0 radical (unpaired) electrons. The van der Waals surface area contributed by atoms with Crippen molar-refractivity contribution < 1.29 is 0 Å². The number of nitrogens with zero attached hydrogens (tertiary/aromatic N) is 2. The number of anilines is 1. The fourth-order valence-corrected chi connectivity index (χ4v) is 2.91. The van der Waals surface area contributed by atoms with Crippen molar-refractivity contribution in [2.24, 2.45) is 0 Å². The highest BCUT2D eigenvalue weighted by atomic mass is 35.5. The first-order chi connectivity index (χ1) is 9.22. The highest BCUT2D eigenvalue weighted by Gasteiger charge is 2.23. The molecule has 0 bridgehead atoms. The molecule has 4 heteroatoms. The molecule has 3 rings (SSSR count). The summed E-state index contributed by atoms with van der Waals surface area (Å²) in [7, 11) is 0. The first-order valence-corrected chi connectivity index (χ1v) is 6.56. The van der Waals surface area contributed by atoms with Crippen molar-refractivity contribution in [1.82, 2.24) is 4.98 Å². The molecule has 1 aromatic heterocycles. The van der Waals surface area contributed by atoms with E-state index in [1.807, 2.05) is 24.3 Å². The van der Waals surface area contributed by atoms with Gasteiger partial charge in [0.25, 0.3) is 0 Å². The van der Waals surface area contributed by atoms with Crippen LogP contribution in [0.15, 0.2) is 24.3 Å². The van der Waals surface area contributed by atoms with Crippen LogP contribution in [0.25, 0.3) is 11.1 Å². The number of aromatic nitrogens is 1. The number of nitrogens with two attached hydrogens (primary N) is 1. The predicted molar refractivity (Wildman–Crippen MR) is 75.8 cm³/mol. The molecule has 0 aliphatic heterocycles. The Labute approximate surface area is 116 Å². The van der Waals surface area contributed by atoms with Crippen LogP contribution in [-0.2, 0) is 12.8 Å². The number of pyridine rings is 1. The lowest BCUT2D eigenvalue weighted by Crippen LogP contribution is -2.03. The maximum Gasteiger partial charge on any atom is 0.142 e. The van der Waals surface area contributed by atoms with Gasteiger partial charge in [0.15, 0.2) is 0 Å². The van der Waals surface area contributed by atoms with Gasteiger partial charge in [-0.3, -0.25) is 0 Å². The van der Waals surface area contributed by atoms with Crippen LogP contribution in [-0.4, -0.2) is 4.98 Å². The third-order valence-electron chi connectivity index (χ3n) is 3.51. The Morgan fingerprint density at radius 2 is 2.05 bits per heavy atom. The van der Waals surface area contributed by atoms with E-state index in [1.165, 1.54) is 0 Å². The first-order valence-electron chi connectivity index (χ1n) is 6.18. The standard InChI is InChI=1S/C15H12ClN3/c16-12-6-2-1-4-9(12)14-10-5-3-7-13(10)19-15(18)11(14)8-17/h1-2,4,6H,3,5,7H2,(H2,18,19). The number of nitrogen functional groups attached to an aromatic ring is 1. The lowest BCUT2D eigenvalue weighted by molar-refractivity contribution is 0.900. The zero-order valence-corrected chi connectivity index (χ0v) is 11.0. The molecule has 0 saturated heterocycles. The maximum atomic E-state index is 9.37. The van der Waals surface area contributed by atoms with E-state index in [9.17, 15) is 5.26 Å². The Balaban J connectivity index is 2.38. The largest absolute Gasteiger partial charge is 0.383 e. The molecule has 1 aromatic carbocycles. The molecule has 0 amide bonds. The lowest BCUT2D eigenvalue weighted by Gasteiger charge is -2.13. The Hall–Kier alpha value is -2.05. The summed E-state index contributed by atoms with van der Waals surface area (Å²) < 4.78 is 0. The van der Waals surface area contributed by atoms with E-state index in [0.29, 0.717) is 16.4 Å². The Morgan fingerprint density at radius 3 is 2.79 bits per heavy atom. The van der Waals surface area contributed by atoms with Gasteiger partial charge in [0.2, 0.25) is 0 Å². The van der Waals surface area contributed by atoms with E-state index in [4.69, 9.17) is 17.3 Å². The molecule has 3 nitrogen and oxygen atoms in total. The van der Waals surface area contributed by atoms with Crippen molar-refractivity contribution in [1.29, 1.82) is 5.26 Å². The number of aryl methyl sites for hydroxylation is 1. The average molecular weight is 270 g/mol. The molecule has 0 fully saturated rings. The second-order valence-corrected chi connectivity index (χ2v) is 5.02. The van der Waals surface area contributed by atoms with Crippen LogP contribution in [0.3, 0.4) is 0 Å². The molecule has 0 saturated carbocycles.